The highest BCUT2D eigenvalue weighted by Gasteiger charge is 2.36. The van der Waals surface area contributed by atoms with E-state index in [2.05, 4.69) is 37.3 Å². The number of rotatable bonds is 16. The molecule has 3 N–H and O–H groups in total. The van der Waals surface area contributed by atoms with Crippen molar-refractivity contribution in [3.05, 3.63) is 54.0 Å². The Morgan fingerprint density at radius 2 is 1.67 bits per heavy atom. The summed E-state index contributed by atoms with van der Waals surface area (Å²) in [6, 6.07) is 5.88. The van der Waals surface area contributed by atoms with Gasteiger partial charge in [-0.05, 0) is 68.0 Å². The van der Waals surface area contributed by atoms with Gasteiger partial charge in [0.15, 0.2) is 0 Å². The number of carbonyl (C=O) groups is 1. The smallest absolute Gasteiger partial charge is 0.465 e. The van der Waals surface area contributed by atoms with Crippen molar-refractivity contribution in [1.29, 1.82) is 0 Å². The van der Waals surface area contributed by atoms with Crippen molar-refractivity contribution in [2.24, 2.45) is 11.8 Å². The zero-order valence-electron chi connectivity index (χ0n) is 26.6. The Kier molecular flexibility index (Phi) is 16.1. The van der Waals surface area contributed by atoms with E-state index in [1.165, 1.54) is 68.4 Å². The lowest BCUT2D eigenvalue weighted by Gasteiger charge is -2.19. The van der Waals surface area contributed by atoms with Crippen LogP contribution in [0.15, 0.2) is 42.7 Å². The molecule has 0 spiro atoms. The highest BCUT2D eigenvalue weighted by Crippen LogP contribution is 2.32. The molecule has 2 aliphatic heterocycles. The number of likely N-dealkylation sites (tertiary alicyclic amines) is 2. The van der Waals surface area contributed by atoms with Gasteiger partial charge in [0, 0.05) is 39.1 Å². The molecule has 1 aromatic heterocycles. The van der Waals surface area contributed by atoms with Crippen LogP contribution in [0.25, 0.3) is 0 Å². The molecule has 45 heavy (non-hydrogen) atoms. The molecule has 0 unspecified atom stereocenters. The van der Waals surface area contributed by atoms with Gasteiger partial charge in [0.2, 0.25) is 0 Å². The molecule has 9 nitrogen and oxygen atoms in total. The summed E-state index contributed by atoms with van der Waals surface area (Å²) in [6.07, 6.45) is 14.9. The minimum absolute atomic E-state index is 0.218. The Hall–Kier alpha value is -3.28. The van der Waals surface area contributed by atoms with Crippen LogP contribution < -0.4 is 10.1 Å². The van der Waals surface area contributed by atoms with Crippen LogP contribution in [0.3, 0.4) is 0 Å². The zero-order chi connectivity index (χ0) is 32.3. The number of allylic oxidation sites excluding steroid dienone is 1. The summed E-state index contributed by atoms with van der Waals surface area (Å²) in [7, 11) is 0. The summed E-state index contributed by atoms with van der Waals surface area (Å²) in [5.41, 5.74) is 1.95. The van der Waals surface area contributed by atoms with Crippen LogP contribution in [0.2, 0.25) is 0 Å². The van der Waals surface area contributed by atoms with E-state index in [0.29, 0.717) is 31.3 Å². The molecule has 252 valence electrons. The molecule has 2 atom stereocenters. The number of amides is 1. The number of hydrogen-bond acceptors (Lipinski definition) is 6. The third-order valence-electron chi connectivity index (χ3n) is 8.48. The lowest BCUT2D eigenvalue weighted by Crippen LogP contribution is -2.28. The SMILES string of the molecule is CCCCCCCCCCNCCc1cn[nH]n1.O=C(O)N1C[C@H]2CCN(C=CCc3ccc(OC(F)(F)F)cc3)CC[C@H]2C1. The van der Waals surface area contributed by atoms with Gasteiger partial charge in [0.25, 0.3) is 0 Å². The first-order valence-electron chi connectivity index (χ1n) is 16.5. The minimum Gasteiger partial charge on any atom is -0.465 e. The third-order valence-corrected chi connectivity index (χ3v) is 8.48. The molecule has 2 fully saturated rings. The first-order chi connectivity index (χ1) is 21.7. The van der Waals surface area contributed by atoms with Crippen LogP contribution in [-0.4, -0.2) is 82.0 Å². The number of aromatic nitrogens is 3. The topological polar surface area (TPSA) is 107 Å². The molecule has 1 amide bonds. The van der Waals surface area contributed by atoms with Gasteiger partial charge in [-0.2, -0.15) is 15.4 Å². The van der Waals surface area contributed by atoms with Gasteiger partial charge in [-0.15, -0.1) is 13.2 Å². The molecule has 4 rings (SSSR count). The maximum Gasteiger partial charge on any atom is 0.573 e. The fourth-order valence-corrected chi connectivity index (χ4v) is 5.91. The molecule has 2 aliphatic rings. The summed E-state index contributed by atoms with van der Waals surface area (Å²) >= 11 is 0. The number of aromatic amines is 1. The van der Waals surface area contributed by atoms with Gasteiger partial charge in [0.05, 0.1) is 11.9 Å². The molecule has 0 aliphatic carbocycles. The molecule has 0 saturated carbocycles. The molecule has 2 aromatic rings. The quantitative estimate of drug-likeness (QED) is 0.170. The number of unbranched alkanes of at least 4 members (excludes halogenated alkanes) is 7. The normalized spacial score (nSPS) is 18.4. The van der Waals surface area contributed by atoms with E-state index in [-0.39, 0.29) is 5.75 Å². The number of ether oxygens (including phenoxy) is 1. The van der Waals surface area contributed by atoms with Crippen molar-refractivity contribution < 1.29 is 27.8 Å². The highest BCUT2D eigenvalue weighted by molar-refractivity contribution is 5.65. The van der Waals surface area contributed by atoms with Gasteiger partial charge in [0.1, 0.15) is 5.75 Å². The summed E-state index contributed by atoms with van der Waals surface area (Å²) in [5.74, 6) is 0.644. The number of alkyl halides is 3. The van der Waals surface area contributed by atoms with Crippen molar-refractivity contribution in [3.8, 4) is 5.75 Å². The second kappa shape index (κ2) is 20.0. The van der Waals surface area contributed by atoms with Crippen LogP contribution in [0.4, 0.5) is 18.0 Å². The lowest BCUT2D eigenvalue weighted by molar-refractivity contribution is -0.274. The van der Waals surface area contributed by atoms with Crippen LogP contribution >= 0.6 is 0 Å². The van der Waals surface area contributed by atoms with Crippen LogP contribution in [0, 0.1) is 11.8 Å². The van der Waals surface area contributed by atoms with E-state index >= 15 is 0 Å². The number of carboxylic acid groups (broad SMARTS) is 1. The molecule has 2 saturated heterocycles. The summed E-state index contributed by atoms with van der Waals surface area (Å²) in [5, 5.41) is 23.0. The summed E-state index contributed by atoms with van der Waals surface area (Å²) in [6.45, 7) is 7.45. The van der Waals surface area contributed by atoms with Crippen LogP contribution in [0.1, 0.15) is 82.4 Å². The summed E-state index contributed by atoms with van der Waals surface area (Å²) in [4.78, 5) is 14.9. The number of halogens is 3. The number of nitrogens with one attached hydrogen (secondary N) is 2. The van der Waals surface area contributed by atoms with E-state index in [0.717, 1.165) is 56.7 Å². The largest absolute Gasteiger partial charge is 0.573 e. The van der Waals surface area contributed by atoms with Crippen LogP contribution in [0.5, 0.6) is 5.75 Å². The molecule has 0 bridgehead atoms. The molecule has 1 aromatic carbocycles. The van der Waals surface area contributed by atoms with Crippen molar-refractivity contribution >= 4 is 6.09 Å². The van der Waals surface area contributed by atoms with Gasteiger partial charge in [-0.1, -0.05) is 70.1 Å². The number of nitrogens with zero attached hydrogens (tertiary/aromatic N) is 4. The van der Waals surface area contributed by atoms with Gasteiger partial charge < -0.3 is 25.0 Å². The Morgan fingerprint density at radius 1 is 1.02 bits per heavy atom. The molecular weight excluding hydrogens is 585 g/mol. The Balaban J connectivity index is 0.000000268. The second-order valence-electron chi connectivity index (χ2n) is 12.0. The van der Waals surface area contributed by atoms with E-state index < -0.39 is 12.5 Å². The van der Waals surface area contributed by atoms with Crippen molar-refractivity contribution in [1.82, 2.24) is 30.5 Å². The first kappa shape index (κ1) is 36.2. The van der Waals surface area contributed by atoms with Gasteiger partial charge >= 0.3 is 12.5 Å². The summed E-state index contributed by atoms with van der Waals surface area (Å²) < 4.78 is 40.3. The monoisotopic (exact) mass is 636 g/mol. The average molecular weight is 637 g/mol. The van der Waals surface area contributed by atoms with E-state index in [1.807, 2.05) is 12.3 Å². The maximum atomic E-state index is 12.2. The number of benzene rings is 1. The third kappa shape index (κ3) is 15.0. The number of H-pyrrole nitrogens is 1. The van der Waals surface area contributed by atoms with Gasteiger partial charge in [-0.3, -0.25) is 0 Å². The maximum absolute atomic E-state index is 12.2. The standard InChI is InChI=1S/C19H23F3N2O3.C14H28N4/c20-19(21,22)27-17-5-3-14(4-6-17)2-1-9-23-10-7-15-12-24(18(25)26)13-16(15)8-11-23;1-2-3-4-5-6-7-8-9-11-15-12-10-14-13-16-18-17-14/h1,3-6,9,15-16H,2,7-8,10-13H2,(H,25,26);13,15H,2-12H2,1H3,(H,16,17,18)/t15-,16+;. The van der Waals surface area contributed by atoms with Crippen molar-refractivity contribution in [2.45, 2.75) is 90.3 Å². The molecule has 0 radical (unpaired) electrons. The van der Waals surface area contributed by atoms with Crippen molar-refractivity contribution in [2.75, 3.05) is 39.3 Å². The van der Waals surface area contributed by atoms with E-state index in [9.17, 15) is 18.0 Å². The Morgan fingerprint density at radius 3 is 2.24 bits per heavy atom. The Bertz CT molecular complexity index is 1080. The van der Waals surface area contributed by atoms with Crippen LogP contribution in [-0.2, 0) is 12.8 Å². The predicted octanol–water partition coefficient (Wildman–Crippen LogP) is 7.04. The van der Waals surface area contributed by atoms with Gasteiger partial charge in [-0.25, -0.2) is 4.79 Å². The minimum atomic E-state index is -4.67. The molecular formula is C33H51F3N6O3. The second-order valence-corrected chi connectivity index (χ2v) is 12.0. The Labute approximate surface area is 265 Å². The molecule has 12 heteroatoms. The highest BCUT2D eigenvalue weighted by atomic mass is 19.4. The number of fused-ring (bicyclic) bond motifs is 1. The molecule has 3 heterocycles. The van der Waals surface area contributed by atoms with Crippen molar-refractivity contribution in [3.63, 3.8) is 0 Å². The van der Waals surface area contributed by atoms with E-state index in [1.54, 1.807) is 18.3 Å². The first-order valence-corrected chi connectivity index (χ1v) is 16.5. The fourth-order valence-electron chi connectivity index (χ4n) is 5.91. The zero-order valence-corrected chi connectivity index (χ0v) is 26.6. The van der Waals surface area contributed by atoms with E-state index in [4.69, 9.17) is 5.11 Å². The number of hydrogen-bond donors (Lipinski definition) is 3. The average Bonchev–Trinajstić information content (AvgIpc) is 3.64. The predicted molar refractivity (Wildman–Crippen MR) is 169 cm³/mol. The lowest BCUT2D eigenvalue weighted by atomic mass is 9.92. The fraction of sp³-hybridized carbons (Fsp3) is 0.667.